The number of Topliss-reactive ketones (excluding diaryl/α,β-unsaturated/α-hetero) is 1. The molecule has 0 saturated heterocycles. The second kappa shape index (κ2) is 9.10. The smallest absolute Gasteiger partial charge is 0.307 e. The molecule has 1 atom stereocenters. The molecule has 0 aliphatic carbocycles. The monoisotopic (exact) mass is 393 g/mol. The average Bonchev–Trinajstić information content (AvgIpc) is 2.72. The van der Waals surface area contributed by atoms with Gasteiger partial charge in [-0.1, -0.05) is 30.3 Å². The van der Waals surface area contributed by atoms with E-state index in [1.807, 2.05) is 36.4 Å². The minimum absolute atomic E-state index is 0.0799. The number of carbonyl (C=O) groups excluding carboxylic acids is 3. The van der Waals surface area contributed by atoms with Crippen molar-refractivity contribution >= 4 is 34.1 Å². The normalized spacial score (nSPS) is 11.7. The van der Waals surface area contributed by atoms with Crippen molar-refractivity contribution in [1.82, 2.24) is 0 Å². The first kappa shape index (κ1) is 20.2. The number of fused-ring (bicyclic) bond motifs is 1. The summed E-state index contributed by atoms with van der Waals surface area (Å²) in [6.07, 6.45) is -1.25. The Morgan fingerprint density at radius 2 is 1.62 bits per heavy atom. The number of ether oxygens (including phenoxy) is 1. The zero-order valence-corrected chi connectivity index (χ0v) is 15.9. The van der Waals surface area contributed by atoms with Gasteiger partial charge in [0.25, 0.3) is 5.91 Å². The first-order chi connectivity index (χ1) is 13.9. The van der Waals surface area contributed by atoms with E-state index in [1.54, 1.807) is 6.07 Å². The van der Waals surface area contributed by atoms with Crippen LogP contribution in [-0.2, 0) is 14.3 Å². The molecule has 0 aliphatic rings. The lowest BCUT2D eigenvalue weighted by Gasteiger charge is -2.14. The van der Waals surface area contributed by atoms with Crippen LogP contribution >= 0.6 is 0 Å². The number of nitrogens with one attached hydrogen (secondary N) is 1. The van der Waals surface area contributed by atoms with E-state index in [9.17, 15) is 18.8 Å². The summed E-state index contributed by atoms with van der Waals surface area (Å²) in [6, 6.07) is 18.3. The molecule has 3 aromatic rings. The summed E-state index contributed by atoms with van der Waals surface area (Å²) in [5, 5.41) is 4.75. The Balaban J connectivity index is 1.49. The summed E-state index contributed by atoms with van der Waals surface area (Å²) in [7, 11) is 0. The molecule has 0 radical (unpaired) electrons. The van der Waals surface area contributed by atoms with Crippen molar-refractivity contribution in [2.45, 2.75) is 25.9 Å². The lowest BCUT2D eigenvalue weighted by molar-refractivity contribution is -0.153. The molecule has 0 spiro atoms. The van der Waals surface area contributed by atoms with Gasteiger partial charge in [0.2, 0.25) is 0 Å². The Labute approximate surface area is 167 Å². The zero-order chi connectivity index (χ0) is 20.8. The van der Waals surface area contributed by atoms with Gasteiger partial charge in [-0.3, -0.25) is 14.4 Å². The van der Waals surface area contributed by atoms with E-state index in [1.165, 1.54) is 31.2 Å². The van der Waals surface area contributed by atoms with Gasteiger partial charge >= 0.3 is 5.97 Å². The first-order valence-electron chi connectivity index (χ1n) is 9.20. The highest BCUT2D eigenvalue weighted by Crippen LogP contribution is 2.19. The van der Waals surface area contributed by atoms with Gasteiger partial charge in [-0.2, -0.15) is 0 Å². The average molecular weight is 393 g/mol. The molecule has 6 heteroatoms. The fourth-order valence-electron chi connectivity index (χ4n) is 2.82. The molecule has 1 N–H and O–H groups in total. The minimum atomic E-state index is -1.00. The molecule has 0 heterocycles. The Morgan fingerprint density at radius 3 is 2.34 bits per heavy atom. The molecule has 29 heavy (non-hydrogen) atoms. The van der Waals surface area contributed by atoms with Crippen molar-refractivity contribution in [3.8, 4) is 0 Å². The topological polar surface area (TPSA) is 72.5 Å². The Hall–Kier alpha value is -3.54. The number of amides is 1. The highest BCUT2D eigenvalue weighted by atomic mass is 19.1. The van der Waals surface area contributed by atoms with Crippen LogP contribution in [0.2, 0.25) is 0 Å². The highest BCUT2D eigenvalue weighted by Gasteiger charge is 2.19. The first-order valence-corrected chi connectivity index (χ1v) is 9.20. The molecule has 148 valence electrons. The molecule has 1 amide bonds. The van der Waals surface area contributed by atoms with Gasteiger partial charge in [0.15, 0.2) is 11.9 Å². The molecule has 0 aliphatic heterocycles. The van der Waals surface area contributed by atoms with Gasteiger partial charge in [-0.15, -0.1) is 0 Å². The maximum atomic E-state index is 12.9. The molecular formula is C23H20FNO4. The third-order valence-corrected chi connectivity index (χ3v) is 4.42. The number of hydrogen-bond donors (Lipinski definition) is 1. The minimum Gasteiger partial charge on any atom is -0.453 e. The summed E-state index contributed by atoms with van der Waals surface area (Å²) in [5.41, 5.74) is 0.921. The van der Waals surface area contributed by atoms with Crippen molar-refractivity contribution < 1.29 is 23.5 Å². The van der Waals surface area contributed by atoms with Crippen molar-refractivity contribution in [2.75, 3.05) is 5.32 Å². The number of halogens is 1. The van der Waals surface area contributed by atoms with E-state index in [2.05, 4.69) is 5.32 Å². The molecule has 0 unspecified atom stereocenters. The van der Waals surface area contributed by atoms with Crippen LogP contribution in [0.15, 0.2) is 66.7 Å². The molecule has 3 aromatic carbocycles. The van der Waals surface area contributed by atoms with E-state index in [4.69, 9.17) is 4.74 Å². The number of benzene rings is 3. The fraction of sp³-hybridized carbons (Fsp3) is 0.174. The second-order valence-corrected chi connectivity index (χ2v) is 6.61. The van der Waals surface area contributed by atoms with E-state index in [0.717, 1.165) is 10.8 Å². The number of ketones is 1. The summed E-state index contributed by atoms with van der Waals surface area (Å²) < 4.78 is 18.0. The van der Waals surface area contributed by atoms with E-state index in [-0.39, 0.29) is 18.6 Å². The van der Waals surface area contributed by atoms with E-state index < -0.39 is 23.8 Å². The predicted molar refractivity (Wildman–Crippen MR) is 108 cm³/mol. The summed E-state index contributed by atoms with van der Waals surface area (Å²) in [5.74, 6) is -1.84. The van der Waals surface area contributed by atoms with Gasteiger partial charge in [0.05, 0.1) is 6.42 Å². The summed E-state index contributed by atoms with van der Waals surface area (Å²) in [4.78, 5) is 36.3. The largest absolute Gasteiger partial charge is 0.453 e. The SMILES string of the molecule is C[C@H](OC(=O)CCC(=O)c1ccc(F)cc1)C(=O)Nc1ccc2ccccc2c1. The number of esters is 1. The molecule has 0 saturated carbocycles. The predicted octanol–water partition coefficient (Wildman–Crippen LogP) is 4.51. The molecule has 0 fully saturated rings. The van der Waals surface area contributed by atoms with Crippen LogP contribution in [0.4, 0.5) is 10.1 Å². The van der Waals surface area contributed by atoms with Crippen LogP contribution in [0.1, 0.15) is 30.1 Å². The van der Waals surface area contributed by atoms with Crippen molar-refractivity contribution in [2.24, 2.45) is 0 Å². The number of carbonyl (C=O) groups is 3. The maximum absolute atomic E-state index is 12.9. The van der Waals surface area contributed by atoms with Gasteiger partial charge in [0.1, 0.15) is 5.82 Å². The quantitative estimate of drug-likeness (QED) is 0.473. The third kappa shape index (κ3) is 5.48. The Bertz CT molecular complexity index is 1050. The molecule has 3 rings (SSSR count). The summed E-state index contributed by atoms with van der Waals surface area (Å²) >= 11 is 0. The number of anilines is 1. The maximum Gasteiger partial charge on any atom is 0.307 e. The molecule has 5 nitrogen and oxygen atoms in total. The van der Waals surface area contributed by atoms with Crippen LogP contribution < -0.4 is 5.32 Å². The van der Waals surface area contributed by atoms with Crippen LogP contribution in [0.3, 0.4) is 0 Å². The zero-order valence-electron chi connectivity index (χ0n) is 15.9. The van der Waals surface area contributed by atoms with Crippen molar-refractivity contribution in [3.63, 3.8) is 0 Å². The van der Waals surface area contributed by atoms with Crippen LogP contribution in [-0.4, -0.2) is 23.8 Å². The number of hydrogen-bond acceptors (Lipinski definition) is 4. The highest BCUT2D eigenvalue weighted by molar-refractivity contribution is 5.99. The van der Waals surface area contributed by atoms with Gasteiger partial charge in [-0.25, -0.2) is 4.39 Å². The second-order valence-electron chi connectivity index (χ2n) is 6.61. The number of rotatable bonds is 7. The standard InChI is InChI=1S/C23H20FNO4/c1-15(23(28)25-20-11-8-16-4-2-3-5-18(16)14-20)29-22(27)13-12-21(26)17-6-9-19(24)10-7-17/h2-11,14-15H,12-13H2,1H3,(H,25,28)/t15-/m0/s1. The van der Waals surface area contributed by atoms with Crippen LogP contribution in [0.25, 0.3) is 10.8 Å². The van der Waals surface area contributed by atoms with Crippen LogP contribution in [0, 0.1) is 5.82 Å². The Morgan fingerprint density at radius 1 is 0.931 bits per heavy atom. The van der Waals surface area contributed by atoms with Gasteiger partial charge in [0, 0.05) is 17.7 Å². The lowest BCUT2D eigenvalue weighted by atomic mass is 10.1. The van der Waals surface area contributed by atoms with Crippen molar-refractivity contribution in [1.29, 1.82) is 0 Å². The molecule has 0 aromatic heterocycles. The molecular weight excluding hydrogens is 373 g/mol. The Kier molecular flexibility index (Phi) is 6.34. The van der Waals surface area contributed by atoms with Gasteiger partial charge in [-0.05, 0) is 54.1 Å². The molecule has 0 bridgehead atoms. The van der Waals surface area contributed by atoms with Crippen molar-refractivity contribution in [3.05, 3.63) is 78.1 Å². The lowest BCUT2D eigenvalue weighted by Crippen LogP contribution is -2.30. The third-order valence-electron chi connectivity index (χ3n) is 4.42. The van der Waals surface area contributed by atoms with E-state index in [0.29, 0.717) is 11.3 Å². The fourth-order valence-corrected chi connectivity index (χ4v) is 2.82. The van der Waals surface area contributed by atoms with Crippen LogP contribution in [0.5, 0.6) is 0 Å². The summed E-state index contributed by atoms with van der Waals surface area (Å²) in [6.45, 7) is 1.47. The van der Waals surface area contributed by atoms with Gasteiger partial charge < -0.3 is 10.1 Å². The van der Waals surface area contributed by atoms with E-state index >= 15 is 0 Å².